The van der Waals surface area contributed by atoms with E-state index in [0.29, 0.717) is 18.8 Å². The number of unbranched alkanes of at least 4 members (excludes halogenated alkanes) is 1. The monoisotopic (exact) mass is 426 g/mol. The maximum Gasteiger partial charge on any atom is 0.410 e. The number of nitrogens with zero attached hydrogens (tertiary/aromatic N) is 2. The lowest BCUT2D eigenvalue weighted by Gasteiger charge is -2.33. The molecule has 2 N–H and O–H groups in total. The summed E-state index contributed by atoms with van der Waals surface area (Å²) in [6.45, 7) is 8.83. The highest BCUT2D eigenvalue weighted by Crippen LogP contribution is 2.16. The summed E-state index contributed by atoms with van der Waals surface area (Å²) < 4.78 is 5.40. The molecule has 1 heterocycles. The molecule has 2 rings (SSSR count). The standard InChI is InChI=1S/C24H34N4O3/c1-5-6-7-18-8-10-21(11-9-18)27-22(29)19(16-25)17-26-20-12-14-28(15-13-20)23(30)31-24(2,3)4/h8-11,17,20,26H,5-7,12-15H2,1-4H3,(H,27,29)/b19-17-. The van der Waals surface area contributed by atoms with E-state index in [9.17, 15) is 14.9 Å². The summed E-state index contributed by atoms with van der Waals surface area (Å²) in [6, 6.07) is 9.76. The van der Waals surface area contributed by atoms with E-state index < -0.39 is 11.5 Å². The van der Waals surface area contributed by atoms with Gasteiger partial charge < -0.3 is 20.3 Å². The van der Waals surface area contributed by atoms with E-state index in [1.54, 1.807) is 4.90 Å². The van der Waals surface area contributed by atoms with Crippen molar-refractivity contribution in [3.05, 3.63) is 41.6 Å². The van der Waals surface area contributed by atoms with Crippen LogP contribution in [0.4, 0.5) is 10.5 Å². The molecule has 168 valence electrons. The lowest BCUT2D eigenvalue weighted by atomic mass is 10.1. The number of benzene rings is 1. The number of ether oxygens (including phenoxy) is 1. The molecule has 31 heavy (non-hydrogen) atoms. The second-order valence-electron chi connectivity index (χ2n) is 8.83. The lowest BCUT2D eigenvalue weighted by molar-refractivity contribution is -0.112. The van der Waals surface area contributed by atoms with E-state index in [0.717, 1.165) is 32.1 Å². The molecule has 1 fully saturated rings. The lowest BCUT2D eigenvalue weighted by Crippen LogP contribution is -2.45. The van der Waals surface area contributed by atoms with E-state index in [2.05, 4.69) is 17.6 Å². The van der Waals surface area contributed by atoms with Gasteiger partial charge in [-0.1, -0.05) is 25.5 Å². The van der Waals surface area contributed by atoms with Crippen molar-refractivity contribution in [3.8, 4) is 6.07 Å². The first kappa shape index (κ1) is 24.3. The van der Waals surface area contributed by atoms with Crippen molar-refractivity contribution >= 4 is 17.7 Å². The Hall–Kier alpha value is -3.01. The topological polar surface area (TPSA) is 94.5 Å². The predicted molar refractivity (Wildman–Crippen MR) is 121 cm³/mol. The third kappa shape index (κ3) is 8.33. The Morgan fingerprint density at radius 2 is 1.87 bits per heavy atom. The van der Waals surface area contributed by atoms with Crippen LogP contribution in [0.15, 0.2) is 36.0 Å². The van der Waals surface area contributed by atoms with Crippen LogP contribution in [0.25, 0.3) is 0 Å². The van der Waals surface area contributed by atoms with Gasteiger partial charge >= 0.3 is 6.09 Å². The number of nitriles is 1. The van der Waals surface area contributed by atoms with Crippen LogP contribution in [0.5, 0.6) is 0 Å². The molecule has 7 nitrogen and oxygen atoms in total. The van der Waals surface area contributed by atoms with Crippen LogP contribution >= 0.6 is 0 Å². The third-order valence-corrected chi connectivity index (χ3v) is 5.01. The van der Waals surface area contributed by atoms with Crippen LogP contribution in [0.2, 0.25) is 0 Å². The largest absolute Gasteiger partial charge is 0.444 e. The number of carbonyl (C=O) groups excluding carboxylic acids is 2. The fraction of sp³-hybridized carbons (Fsp3) is 0.542. The molecule has 0 aliphatic carbocycles. The summed E-state index contributed by atoms with van der Waals surface area (Å²) in [6.07, 6.45) is 5.89. The highest BCUT2D eigenvalue weighted by atomic mass is 16.6. The first-order chi connectivity index (χ1) is 14.7. The normalized spacial score (nSPS) is 15.2. The van der Waals surface area contributed by atoms with Crippen molar-refractivity contribution < 1.29 is 14.3 Å². The van der Waals surface area contributed by atoms with Gasteiger partial charge in [-0.3, -0.25) is 4.79 Å². The molecule has 1 aliphatic rings. The smallest absolute Gasteiger partial charge is 0.410 e. The van der Waals surface area contributed by atoms with Crippen molar-refractivity contribution in [1.29, 1.82) is 5.26 Å². The molecule has 2 amide bonds. The molecule has 0 spiro atoms. The third-order valence-electron chi connectivity index (χ3n) is 5.01. The van der Waals surface area contributed by atoms with Crippen LogP contribution < -0.4 is 10.6 Å². The molecular weight excluding hydrogens is 392 g/mol. The van der Waals surface area contributed by atoms with E-state index in [-0.39, 0.29) is 17.7 Å². The molecule has 0 unspecified atom stereocenters. The number of amides is 2. The van der Waals surface area contributed by atoms with E-state index in [1.165, 1.54) is 11.8 Å². The van der Waals surface area contributed by atoms with Crippen LogP contribution in [0.1, 0.15) is 58.9 Å². The second kappa shape index (κ2) is 11.4. The van der Waals surface area contributed by atoms with Crippen LogP contribution in [0.3, 0.4) is 0 Å². The average Bonchev–Trinajstić information content (AvgIpc) is 2.73. The summed E-state index contributed by atoms with van der Waals surface area (Å²) in [4.78, 5) is 26.3. The van der Waals surface area contributed by atoms with Gasteiger partial charge in [-0.2, -0.15) is 5.26 Å². The number of hydrogen-bond donors (Lipinski definition) is 2. The van der Waals surface area contributed by atoms with Crippen molar-refractivity contribution in [2.75, 3.05) is 18.4 Å². The van der Waals surface area contributed by atoms with Crippen molar-refractivity contribution in [3.63, 3.8) is 0 Å². The number of nitrogens with one attached hydrogen (secondary N) is 2. The van der Waals surface area contributed by atoms with E-state index in [1.807, 2.05) is 51.1 Å². The fourth-order valence-electron chi connectivity index (χ4n) is 3.24. The van der Waals surface area contributed by atoms with Crippen LogP contribution in [-0.4, -0.2) is 41.6 Å². The maximum atomic E-state index is 12.4. The van der Waals surface area contributed by atoms with Gasteiger partial charge in [-0.15, -0.1) is 0 Å². The SMILES string of the molecule is CCCCc1ccc(NC(=O)/C(C#N)=C\NC2CCN(C(=O)OC(C)(C)C)CC2)cc1. The predicted octanol–water partition coefficient (Wildman–Crippen LogP) is 4.36. The zero-order valence-corrected chi connectivity index (χ0v) is 19.0. The Bertz CT molecular complexity index is 811. The number of hydrogen-bond acceptors (Lipinski definition) is 5. The molecule has 1 saturated heterocycles. The van der Waals surface area contributed by atoms with Gasteiger partial charge in [0.25, 0.3) is 5.91 Å². The molecular formula is C24H34N4O3. The zero-order valence-electron chi connectivity index (χ0n) is 19.0. The number of rotatable bonds is 7. The summed E-state index contributed by atoms with van der Waals surface area (Å²) in [7, 11) is 0. The summed E-state index contributed by atoms with van der Waals surface area (Å²) in [5, 5.41) is 15.3. The van der Waals surface area contributed by atoms with E-state index >= 15 is 0 Å². The Labute approximate surface area is 185 Å². The van der Waals surface area contributed by atoms with Gasteiger partial charge in [0, 0.05) is 31.0 Å². The molecule has 1 aliphatic heterocycles. The van der Waals surface area contributed by atoms with Gasteiger partial charge in [0.05, 0.1) is 0 Å². The number of anilines is 1. The van der Waals surface area contributed by atoms with Crippen molar-refractivity contribution in [1.82, 2.24) is 10.2 Å². The van der Waals surface area contributed by atoms with Gasteiger partial charge in [0.15, 0.2) is 0 Å². The van der Waals surface area contributed by atoms with Crippen molar-refractivity contribution in [2.45, 2.75) is 71.4 Å². The van der Waals surface area contributed by atoms with Gasteiger partial charge in [-0.05, 0) is 64.2 Å². The molecule has 0 aromatic heterocycles. The highest BCUT2D eigenvalue weighted by molar-refractivity contribution is 6.06. The number of carbonyl (C=O) groups is 2. The number of aryl methyl sites for hydroxylation is 1. The molecule has 1 aromatic carbocycles. The average molecular weight is 427 g/mol. The molecule has 0 atom stereocenters. The molecule has 7 heteroatoms. The minimum Gasteiger partial charge on any atom is -0.444 e. The molecule has 0 bridgehead atoms. The minimum absolute atomic E-state index is 0.0182. The van der Waals surface area contributed by atoms with Gasteiger partial charge in [0.2, 0.25) is 0 Å². The fourth-order valence-corrected chi connectivity index (χ4v) is 3.24. The quantitative estimate of drug-likeness (QED) is 0.499. The van der Waals surface area contributed by atoms with Crippen LogP contribution in [0, 0.1) is 11.3 Å². The first-order valence-electron chi connectivity index (χ1n) is 11.0. The summed E-state index contributed by atoms with van der Waals surface area (Å²) in [5.74, 6) is -0.442. The first-order valence-corrected chi connectivity index (χ1v) is 11.0. The molecule has 0 saturated carbocycles. The Kier molecular flexibility index (Phi) is 8.92. The second-order valence-corrected chi connectivity index (χ2v) is 8.83. The summed E-state index contributed by atoms with van der Waals surface area (Å²) in [5.41, 5.74) is 1.40. The van der Waals surface area contributed by atoms with Crippen molar-refractivity contribution in [2.24, 2.45) is 0 Å². The van der Waals surface area contributed by atoms with Crippen LogP contribution in [-0.2, 0) is 16.0 Å². The van der Waals surface area contributed by atoms with Gasteiger partial charge in [0.1, 0.15) is 17.2 Å². The molecule has 1 aromatic rings. The Morgan fingerprint density at radius 3 is 2.42 bits per heavy atom. The summed E-state index contributed by atoms with van der Waals surface area (Å²) >= 11 is 0. The maximum absolute atomic E-state index is 12.4. The number of likely N-dealkylation sites (tertiary alicyclic amines) is 1. The Balaban J connectivity index is 1.84. The van der Waals surface area contributed by atoms with Gasteiger partial charge in [-0.25, -0.2) is 4.79 Å². The minimum atomic E-state index is -0.514. The Morgan fingerprint density at radius 1 is 1.23 bits per heavy atom. The highest BCUT2D eigenvalue weighted by Gasteiger charge is 2.26. The zero-order chi connectivity index (χ0) is 22.9. The van der Waals surface area contributed by atoms with E-state index in [4.69, 9.17) is 4.74 Å². The molecule has 0 radical (unpaired) electrons. The number of piperidine rings is 1.